The van der Waals surface area contributed by atoms with Crippen LogP contribution in [0.1, 0.15) is 55.5 Å². The van der Waals surface area contributed by atoms with Crippen molar-refractivity contribution in [2.24, 2.45) is 5.92 Å². The normalized spacial score (nSPS) is 16.1. The number of hydrogen-bond donors (Lipinski definition) is 0. The molecule has 3 nitrogen and oxygen atoms in total. The zero-order chi connectivity index (χ0) is 16.4. The number of Topliss-reactive ketones (excluding diaryl/α,β-unsaturated/α-hetero) is 1. The highest BCUT2D eigenvalue weighted by molar-refractivity contribution is 6.00. The Morgan fingerprint density at radius 3 is 2.77 bits per heavy atom. The molecule has 1 atom stereocenters. The monoisotopic (exact) mass is 302 g/mol. The fourth-order valence-corrected chi connectivity index (χ4v) is 2.66. The van der Waals surface area contributed by atoms with Crippen LogP contribution in [0.4, 0.5) is 0 Å². The maximum atomic E-state index is 12.3. The number of fused-ring (bicyclic) bond motifs is 1. The molecule has 0 saturated heterocycles. The maximum Gasteiger partial charge on any atom is 0.305 e. The molecule has 1 unspecified atom stereocenters. The Balaban J connectivity index is 0.000000745. The van der Waals surface area contributed by atoms with Crippen LogP contribution in [0.15, 0.2) is 36.9 Å². The van der Waals surface area contributed by atoms with Crippen LogP contribution in [0.2, 0.25) is 0 Å². The molecule has 0 fully saturated rings. The molecule has 0 saturated carbocycles. The van der Waals surface area contributed by atoms with Crippen LogP contribution < -0.4 is 0 Å². The van der Waals surface area contributed by atoms with Crippen molar-refractivity contribution in [1.29, 1.82) is 0 Å². The summed E-state index contributed by atoms with van der Waals surface area (Å²) in [5, 5.41) is 0. The average Bonchev–Trinajstić information content (AvgIpc) is 2.51. The van der Waals surface area contributed by atoms with Gasteiger partial charge < -0.3 is 4.74 Å². The van der Waals surface area contributed by atoms with Crippen molar-refractivity contribution < 1.29 is 14.3 Å². The van der Waals surface area contributed by atoms with Crippen molar-refractivity contribution >= 4 is 11.8 Å². The molecule has 1 aromatic carbocycles. The van der Waals surface area contributed by atoms with Gasteiger partial charge in [-0.1, -0.05) is 30.3 Å². The predicted octanol–water partition coefficient (Wildman–Crippen LogP) is 4.36. The Morgan fingerprint density at radius 2 is 2.09 bits per heavy atom. The third-order valence-electron chi connectivity index (χ3n) is 3.65. The predicted molar refractivity (Wildman–Crippen MR) is 88.9 cm³/mol. The number of rotatable bonds is 5. The van der Waals surface area contributed by atoms with Gasteiger partial charge in [-0.05, 0) is 45.1 Å². The Morgan fingerprint density at radius 1 is 1.41 bits per heavy atom. The van der Waals surface area contributed by atoms with Gasteiger partial charge >= 0.3 is 5.97 Å². The summed E-state index contributed by atoms with van der Waals surface area (Å²) in [5.41, 5.74) is 2.03. The van der Waals surface area contributed by atoms with Crippen molar-refractivity contribution in [3.05, 3.63) is 48.0 Å². The van der Waals surface area contributed by atoms with E-state index < -0.39 is 0 Å². The van der Waals surface area contributed by atoms with E-state index >= 15 is 0 Å². The topological polar surface area (TPSA) is 43.4 Å². The lowest BCUT2D eigenvalue weighted by molar-refractivity contribution is -0.143. The lowest BCUT2D eigenvalue weighted by Gasteiger charge is -2.23. The molecule has 0 aliphatic heterocycles. The summed E-state index contributed by atoms with van der Waals surface area (Å²) >= 11 is 0. The molecule has 120 valence electrons. The van der Waals surface area contributed by atoms with Crippen molar-refractivity contribution in [1.82, 2.24) is 0 Å². The van der Waals surface area contributed by atoms with Crippen LogP contribution in [0.5, 0.6) is 0 Å². The highest BCUT2D eigenvalue weighted by Gasteiger charge is 2.26. The zero-order valence-electron chi connectivity index (χ0n) is 13.6. The van der Waals surface area contributed by atoms with Crippen molar-refractivity contribution in [2.75, 3.05) is 6.61 Å². The first-order valence-electron chi connectivity index (χ1n) is 7.98. The number of ether oxygens (including phenoxy) is 1. The number of benzene rings is 1. The molecule has 0 N–H and O–H groups in total. The molecule has 0 radical (unpaired) electrons. The lowest BCUT2D eigenvalue weighted by Crippen LogP contribution is -2.22. The first-order chi connectivity index (χ1) is 10.6. The van der Waals surface area contributed by atoms with Crippen molar-refractivity contribution in [3.63, 3.8) is 0 Å². The minimum Gasteiger partial charge on any atom is -0.466 e. The van der Waals surface area contributed by atoms with E-state index in [0.717, 1.165) is 36.8 Å². The van der Waals surface area contributed by atoms with Crippen LogP contribution in [-0.2, 0) is 16.0 Å². The number of ketones is 1. The van der Waals surface area contributed by atoms with Crippen LogP contribution >= 0.6 is 0 Å². The summed E-state index contributed by atoms with van der Waals surface area (Å²) in [6.45, 7) is 7.48. The smallest absolute Gasteiger partial charge is 0.305 e. The first kappa shape index (κ1) is 18.1. The van der Waals surface area contributed by atoms with E-state index in [-0.39, 0.29) is 17.7 Å². The Labute approximate surface area is 133 Å². The molecule has 1 aromatic rings. The average molecular weight is 302 g/mol. The van der Waals surface area contributed by atoms with Crippen molar-refractivity contribution in [3.8, 4) is 0 Å². The van der Waals surface area contributed by atoms with Gasteiger partial charge in [-0.3, -0.25) is 9.59 Å². The molecule has 0 heterocycles. The minimum atomic E-state index is -0.161. The summed E-state index contributed by atoms with van der Waals surface area (Å²) < 4.78 is 4.89. The molecule has 1 aliphatic carbocycles. The van der Waals surface area contributed by atoms with Gasteiger partial charge in [0.25, 0.3) is 0 Å². The molecule has 2 rings (SSSR count). The lowest BCUT2D eigenvalue weighted by atomic mass is 9.80. The van der Waals surface area contributed by atoms with Crippen LogP contribution in [0.25, 0.3) is 0 Å². The number of carbonyl (C=O) groups excluding carboxylic acids is 2. The third kappa shape index (κ3) is 5.47. The molecule has 0 spiro atoms. The Kier molecular flexibility index (Phi) is 8.19. The highest BCUT2D eigenvalue weighted by Crippen LogP contribution is 2.28. The standard InChI is InChI=1S/C16H20O3.C3H6/c1-2-19-15(17)9-5-7-13-11-10-12-6-3-4-8-14(12)16(13)18;1-3-2/h3-4,6,8,13H,2,5,7,9-11H2,1H3;3H,1H2,2H3. The van der Waals surface area contributed by atoms with Crippen LogP contribution in [0, 0.1) is 5.92 Å². The second kappa shape index (κ2) is 9.93. The number of esters is 1. The molecule has 0 aromatic heterocycles. The zero-order valence-corrected chi connectivity index (χ0v) is 13.6. The number of carbonyl (C=O) groups is 2. The molecule has 22 heavy (non-hydrogen) atoms. The quantitative estimate of drug-likeness (QED) is 0.599. The van der Waals surface area contributed by atoms with E-state index in [2.05, 4.69) is 6.58 Å². The Hall–Kier alpha value is -1.90. The van der Waals surface area contributed by atoms with Crippen LogP contribution in [-0.4, -0.2) is 18.4 Å². The molecule has 0 amide bonds. The second-order valence-corrected chi connectivity index (χ2v) is 5.36. The van der Waals surface area contributed by atoms with Gasteiger partial charge in [-0.15, -0.1) is 6.58 Å². The van der Waals surface area contributed by atoms with Gasteiger partial charge in [-0.25, -0.2) is 0 Å². The molecular weight excluding hydrogens is 276 g/mol. The van der Waals surface area contributed by atoms with E-state index in [1.54, 1.807) is 13.0 Å². The van der Waals surface area contributed by atoms with Gasteiger partial charge in [0.2, 0.25) is 0 Å². The Bertz CT molecular complexity index is 505. The highest BCUT2D eigenvalue weighted by atomic mass is 16.5. The van der Waals surface area contributed by atoms with Gasteiger partial charge in [-0.2, -0.15) is 0 Å². The van der Waals surface area contributed by atoms with Crippen LogP contribution in [0.3, 0.4) is 0 Å². The van der Waals surface area contributed by atoms with Gasteiger partial charge in [0.05, 0.1) is 6.61 Å². The SMILES string of the molecule is C=CC.CCOC(=O)CCCC1CCc2ccccc2C1=O. The van der Waals surface area contributed by atoms with E-state index in [4.69, 9.17) is 4.74 Å². The largest absolute Gasteiger partial charge is 0.466 e. The molecule has 3 heteroatoms. The van der Waals surface area contributed by atoms with E-state index in [1.807, 2.05) is 31.2 Å². The van der Waals surface area contributed by atoms with Gasteiger partial charge in [0, 0.05) is 17.9 Å². The third-order valence-corrected chi connectivity index (χ3v) is 3.65. The van der Waals surface area contributed by atoms with E-state index in [9.17, 15) is 9.59 Å². The number of allylic oxidation sites excluding steroid dienone is 1. The summed E-state index contributed by atoms with van der Waals surface area (Å²) in [5.74, 6) is 0.154. The second-order valence-electron chi connectivity index (χ2n) is 5.36. The number of hydrogen-bond acceptors (Lipinski definition) is 3. The van der Waals surface area contributed by atoms with E-state index in [0.29, 0.717) is 13.0 Å². The molecule has 1 aliphatic rings. The van der Waals surface area contributed by atoms with Gasteiger partial charge in [0.15, 0.2) is 5.78 Å². The van der Waals surface area contributed by atoms with E-state index in [1.165, 1.54) is 0 Å². The summed E-state index contributed by atoms with van der Waals surface area (Å²) in [6, 6.07) is 7.84. The fraction of sp³-hybridized carbons (Fsp3) is 0.474. The molecular formula is C19H26O3. The summed E-state index contributed by atoms with van der Waals surface area (Å²) in [7, 11) is 0. The first-order valence-corrected chi connectivity index (χ1v) is 7.98. The van der Waals surface area contributed by atoms with Crippen molar-refractivity contribution in [2.45, 2.75) is 46.0 Å². The minimum absolute atomic E-state index is 0.0735. The maximum absolute atomic E-state index is 12.3. The summed E-state index contributed by atoms with van der Waals surface area (Å²) in [4.78, 5) is 23.6. The van der Waals surface area contributed by atoms with Gasteiger partial charge in [0.1, 0.15) is 0 Å². The molecule has 0 bridgehead atoms. The fourth-order valence-electron chi connectivity index (χ4n) is 2.66. The number of aryl methyl sites for hydroxylation is 1. The summed E-state index contributed by atoms with van der Waals surface area (Å²) in [6.07, 6.45) is 5.55.